The SMILES string of the molecule is CC(=Nc1ccccc1)c1c(O)ccc2ccccc12.CC(=Nc1ccccc1)c1cccc(-c2ccccc2)c1O.Cc1cccc(C(=Nc2ccccc2)c2ccccc2)c1O.Oc1c(C(=Nc2ccccc2)c2ccccc2)cccc1-c1ccccc1.Oc1ccccc1C(=Nc1ccccc1)c1ccccc1.[Cl][Ti][Cl].[Cl][Ti][Cl].[Cl][Ti][Cl].[Cl][Ti][Cl].[Cl][Ti][Cl]. The number of hydrogen-bond acceptors (Lipinski definition) is 10. The number of aromatic hydroxyl groups is 5. The third-order valence-corrected chi connectivity index (χ3v) is 18.0. The van der Waals surface area contributed by atoms with Gasteiger partial charge in [0.05, 0.1) is 45.6 Å². The molecule has 0 bridgehead atoms. The molecule has 636 valence electrons. The molecule has 127 heavy (non-hydrogen) atoms. The molecule has 0 aromatic heterocycles. The van der Waals surface area contributed by atoms with Crippen LogP contribution in [0.2, 0.25) is 0 Å². The van der Waals surface area contributed by atoms with E-state index in [-0.39, 0.29) is 28.7 Å². The van der Waals surface area contributed by atoms with E-state index in [1.807, 2.05) is 427 Å². The van der Waals surface area contributed by atoms with Crippen LogP contribution in [-0.4, -0.2) is 54.1 Å². The maximum atomic E-state index is 11.1. The third-order valence-electron chi connectivity index (χ3n) is 18.0. The molecule has 16 aromatic rings. The Bertz CT molecular complexity index is 6020. The van der Waals surface area contributed by atoms with E-state index in [4.69, 9.17) is 108 Å². The van der Waals surface area contributed by atoms with Crippen molar-refractivity contribution in [2.75, 3.05) is 0 Å². The van der Waals surface area contributed by atoms with E-state index in [9.17, 15) is 25.5 Å². The van der Waals surface area contributed by atoms with Crippen LogP contribution in [0.5, 0.6) is 28.7 Å². The predicted octanol–water partition coefficient (Wildman–Crippen LogP) is 32.4. The van der Waals surface area contributed by atoms with E-state index in [2.05, 4.69) is 9.98 Å². The number of aryl methyl sites for hydroxylation is 1. The summed E-state index contributed by atoms with van der Waals surface area (Å²) in [5.41, 5.74) is 19.3. The second kappa shape index (κ2) is 62.0. The summed E-state index contributed by atoms with van der Waals surface area (Å²) in [6.45, 7) is 5.73. The number of phenols is 5. The van der Waals surface area contributed by atoms with Crippen LogP contribution in [0.25, 0.3) is 33.0 Å². The summed E-state index contributed by atoms with van der Waals surface area (Å²) < 4.78 is 0. The zero-order valence-corrected chi connectivity index (χ0v) is 84.0. The first-order valence-electron chi connectivity index (χ1n) is 38.6. The Morgan fingerprint density at radius 2 is 0.496 bits per heavy atom. The van der Waals surface area contributed by atoms with Gasteiger partial charge in [0.1, 0.15) is 28.7 Å². The van der Waals surface area contributed by atoms with Crippen molar-refractivity contribution in [1.29, 1.82) is 0 Å². The Labute approximate surface area is 826 Å². The van der Waals surface area contributed by atoms with Crippen molar-refractivity contribution in [3.63, 3.8) is 0 Å². The normalized spacial score (nSPS) is 10.6. The number of rotatable bonds is 15. The number of aliphatic imine (C=N–C) groups is 5. The van der Waals surface area contributed by atoms with E-state index in [1.54, 1.807) is 12.1 Å². The van der Waals surface area contributed by atoms with Gasteiger partial charge in [-0.1, -0.05) is 322 Å². The summed E-state index contributed by atoms with van der Waals surface area (Å²) in [5, 5.41) is 54.5. The average molecular weight is 2050 g/mol. The molecule has 0 fully saturated rings. The zero-order valence-electron chi connectivity index (χ0n) is 68.6. The minimum absolute atomic E-state index is 0.232. The summed E-state index contributed by atoms with van der Waals surface area (Å²) >= 11 is -2.78. The Morgan fingerprint density at radius 3 is 0.866 bits per heavy atom. The van der Waals surface area contributed by atoms with E-state index < -0.39 is 85.2 Å². The van der Waals surface area contributed by atoms with Gasteiger partial charge in [0.15, 0.2) is 0 Å². The second-order valence-electron chi connectivity index (χ2n) is 26.2. The van der Waals surface area contributed by atoms with Gasteiger partial charge in [-0.05, 0) is 145 Å². The van der Waals surface area contributed by atoms with Crippen molar-refractivity contribution in [1.82, 2.24) is 0 Å². The topological polar surface area (TPSA) is 163 Å². The maximum absolute atomic E-state index is 11.1. The average Bonchev–Trinajstić information content (AvgIpc) is 0.815. The van der Waals surface area contributed by atoms with E-state index in [0.29, 0.717) is 5.56 Å². The number of para-hydroxylation sites is 9. The van der Waals surface area contributed by atoms with Crippen LogP contribution in [0.1, 0.15) is 63.9 Å². The van der Waals surface area contributed by atoms with Gasteiger partial charge in [-0.3, -0.25) is 9.98 Å². The Kier molecular flexibility index (Phi) is 51.6. The fraction of sp³-hybridized carbons (Fsp3) is 0.0294. The predicted molar refractivity (Wildman–Crippen MR) is 523 cm³/mol. The Balaban J connectivity index is 0.000000210. The molecule has 25 heteroatoms. The Hall–Kier alpha value is -8.40. The van der Waals surface area contributed by atoms with Crippen LogP contribution in [0.3, 0.4) is 0 Å². The molecule has 10 nitrogen and oxygen atoms in total. The molecular weight excluding hydrogens is 1970 g/mol. The molecule has 0 aliphatic heterocycles. The van der Waals surface area contributed by atoms with Crippen molar-refractivity contribution >= 4 is 161 Å². The molecule has 0 saturated heterocycles. The van der Waals surface area contributed by atoms with Gasteiger partial charge in [-0.2, -0.15) is 0 Å². The van der Waals surface area contributed by atoms with Crippen LogP contribution in [-0.2, 0) is 85.2 Å². The first-order chi connectivity index (χ1) is 62.0. The van der Waals surface area contributed by atoms with E-state index in [0.717, 1.165) is 135 Å². The molecule has 0 heterocycles. The summed E-state index contributed by atoms with van der Waals surface area (Å²) in [4.78, 5) is 23.5. The number of halogens is 10. The molecule has 16 rings (SSSR count). The molecule has 0 unspecified atom stereocenters. The number of benzene rings is 16. The van der Waals surface area contributed by atoms with Crippen molar-refractivity contribution in [3.8, 4) is 51.0 Å². The number of phenolic OH excluding ortho intramolecular Hbond substituents is 5. The molecule has 16 aromatic carbocycles. The number of hydrogen-bond donors (Lipinski definition) is 5. The van der Waals surface area contributed by atoms with Gasteiger partial charge in [0, 0.05) is 67.1 Å². The molecule has 0 radical (unpaired) electrons. The quantitative estimate of drug-likeness (QED) is 0.0509. The first-order valence-corrected chi connectivity index (χ1v) is 60.1. The number of nitrogens with zero attached hydrogens (tertiary/aromatic N) is 5. The summed E-state index contributed by atoms with van der Waals surface area (Å²) in [5.74, 6) is 1.28. The summed E-state index contributed by atoms with van der Waals surface area (Å²) in [6, 6.07) is 135. The Morgan fingerprint density at radius 1 is 0.228 bits per heavy atom. The summed E-state index contributed by atoms with van der Waals surface area (Å²) in [7, 11) is 48.9. The number of fused-ring (bicyclic) bond motifs is 1. The molecule has 0 atom stereocenters. The molecular formula is C102H83Cl10N5O5Ti5. The van der Waals surface area contributed by atoms with Crippen LogP contribution < -0.4 is 0 Å². The molecule has 5 N–H and O–H groups in total. The molecule has 0 spiro atoms. The third kappa shape index (κ3) is 36.1. The molecule has 0 aliphatic rings. The van der Waals surface area contributed by atoms with Crippen LogP contribution >= 0.6 is 93.0 Å². The van der Waals surface area contributed by atoms with Crippen molar-refractivity contribution in [2.45, 2.75) is 20.8 Å². The van der Waals surface area contributed by atoms with Crippen molar-refractivity contribution < 1.29 is 111 Å². The van der Waals surface area contributed by atoms with Crippen molar-refractivity contribution in [3.05, 3.63) is 469 Å². The van der Waals surface area contributed by atoms with Gasteiger partial charge in [-0.25, -0.2) is 15.0 Å². The van der Waals surface area contributed by atoms with Crippen LogP contribution in [0.4, 0.5) is 28.4 Å². The second-order valence-corrected chi connectivity index (χ2v) is 39.1. The first kappa shape index (κ1) is 106. The van der Waals surface area contributed by atoms with E-state index in [1.165, 1.54) is 0 Å². The fourth-order valence-corrected chi connectivity index (χ4v) is 12.5. The molecule has 0 amide bonds. The van der Waals surface area contributed by atoms with Gasteiger partial charge in [0.2, 0.25) is 0 Å². The van der Waals surface area contributed by atoms with E-state index >= 15 is 0 Å². The van der Waals surface area contributed by atoms with Crippen LogP contribution in [0.15, 0.2) is 444 Å². The van der Waals surface area contributed by atoms with Crippen LogP contribution in [0, 0.1) is 6.92 Å². The van der Waals surface area contributed by atoms with Crippen molar-refractivity contribution in [2.24, 2.45) is 25.0 Å². The fourth-order valence-electron chi connectivity index (χ4n) is 12.5. The minimum atomic E-state index is -0.556. The van der Waals surface area contributed by atoms with Gasteiger partial charge in [0.25, 0.3) is 0 Å². The van der Waals surface area contributed by atoms with Gasteiger partial charge in [-0.15, -0.1) is 0 Å². The summed E-state index contributed by atoms with van der Waals surface area (Å²) in [6.07, 6.45) is 0. The van der Waals surface area contributed by atoms with Gasteiger partial charge >= 0.3 is 178 Å². The van der Waals surface area contributed by atoms with Gasteiger partial charge < -0.3 is 25.5 Å². The molecule has 0 saturated carbocycles. The monoisotopic (exact) mass is 2050 g/mol. The molecule has 0 aliphatic carbocycles. The standard InChI is InChI=1S/C25H19NO.2C20H17NO.C19H15NO.C18H15NO.10ClH.5Ti/c27-25-22(19-11-4-1-5-12-19)17-10-18-23(25)24(20-13-6-2-7-14-20)26-21-15-8-3-9-16-21;1-15-9-8-14-18(20(15)22)19(16-10-4-2-5-11-16)21-17-12-6-3-7-13-17;1-15(21-17-11-6-3-7-12-17)18-13-8-14-19(20(18)22)16-9-4-2-5-10-16;21-18-14-8-7-13-17(18)19(15-9-3-1-4-10-15)20-16-11-5-2-6-12-16;1-13(19-15-8-3-2-4-9-15)18-16-10-6-5-7-14(16)11-12-17(18)20;;;;;;;;;;;;;;;/h1-18,27H;2*2-14,22H,1H3;1-14,21H;2-12,20H,1H3;10*1H;;;;;/q;;;;;;;;;;;;;;;5*+2/p-10. The zero-order chi connectivity index (χ0) is 91.2.